The molecule has 27 heavy (non-hydrogen) atoms. The zero-order valence-corrected chi connectivity index (χ0v) is 17.0. The van der Waals surface area contributed by atoms with Crippen molar-refractivity contribution in [2.45, 2.75) is 26.8 Å². The quantitative estimate of drug-likeness (QED) is 0.525. The summed E-state index contributed by atoms with van der Waals surface area (Å²) in [5.74, 6) is 0.814. The molecule has 0 saturated carbocycles. The second kappa shape index (κ2) is 10.3. The Bertz CT molecular complexity index is 612. The maximum Gasteiger partial charge on any atom is 0.280 e. The third kappa shape index (κ3) is 5.94. The number of hydrogen-bond donors (Lipinski definition) is 3. The molecule has 0 aromatic heterocycles. The zero-order valence-electron chi connectivity index (χ0n) is 17.0. The van der Waals surface area contributed by atoms with Gasteiger partial charge in [-0.3, -0.25) is 9.59 Å². The van der Waals surface area contributed by atoms with E-state index in [1.54, 1.807) is 12.0 Å². The van der Waals surface area contributed by atoms with E-state index in [1.165, 1.54) is 0 Å². The molecule has 2 rings (SSSR count). The largest absolute Gasteiger partial charge is 0.497 e. The van der Waals surface area contributed by atoms with Crippen LogP contribution in [-0.2, 0) is 9.59 Å². The van der Waals surface area contributed by atoms with Crippen LogP contribution in [0.2, 0.25) is 0 Å². The number of benzene rings is 1. The molecule has 0 radical (unpaired) electrons. The molecule has 7 nitrogen and oxygen atoms in total. The molecule has 1 aromatic carbocycles. The van der Waals surface area contributed by atoms with Gasteiger partial charge in [0.2, 0.25) is 0 Å². The van der Waals surface area contributed by atoms with Crippen LogP contribution >= 0.6 is 0 Å². The molecular formula is C20H34N4O3+2. The zero-order chi connectivity index (χ0) is 19.8. The number of amides is 2. The number of methoxy groups -OCH3 is 1. The first-order valence-electron chi connectivity index (χ1n) is 9.89. The van der Waals surface area contributed by atoms with Gasteiger partial charge in [-0.1, -0.05) is 0 Å². The molecule has 1 unspecified atom stereocenters. The minimum absolute atomic E-state index is 0.0862. The molecule has 3 N–H and O–H groups in total. The van der Waals surface area contributed by atoms with E-state index in [4.69, 9.17) is 4.74 Å². The second-order valence-electron chi connectivity index (χ2n) is 7.12. The van der Waals surface area contributed by atoms with Gasteiger partial charge in [0.05, 0.1) is 46.4 Å². The van der Waals surface area contributed by atoms with Crippen molar-refractivity contribution in [3.05, 3.63) is 24.3 Å². The Hall–Kier alpha value is -2.12. The van der Waals surface area contributed by atoms with Crippen LogP contribution in [0.5, 0.6) is 5.75 Å². The first kappa shape index (κ1) is 21.2. The first-order valence-corrected chi connectivity index (χ1v) is 9.89. The standard InChI is InChI=1S/C20H32N4O3/c1-5-22-11-13-24(14-12-22)20(26)16(3)23(6-2)15-19(25)21-17-7-9-18(27-4)10-8-17/h7-10,16H,5-6,11-15H2,1-4H3,(H,21,25)/p+2/t16-/m1/s1. The molecule has 1 heterocycles. The van der Waals surface area contributed by atoms with Crippen LogP contribution in [0.15, 0.2) is 24.3 Å². The Morgan fingerprint density at radius 2 is 1.85 bits per heavy atom. The number of rotatable bonds is 8. The molecule has 1 aromatic rings. The smallest absolute Gasteiger partial charge is 0.280 e. The molecule has 2 amide bonds. The van der Waals surface area contributed by atoms with Gasteiger partial charge in [-0.05, 0) is 45.0 Å². The van der Waals surface area contributed by atoms with E-state index in [1.807, 2.05) is 43.0 Å². The lowest BCUT2D eigenvalue weighted by molar-refractivity contribution is -0.907. The summed E-state index contributed by atoms with van der Waals surface area (Å²) in [5.41, 5.74) is 0.730. The van der Waals surface area contributed by atoms with Crippen LogP contribution in [0.25, 0.3) is 0 Å². The number of carbonyl (C=O) groups excluding carboxylic acids is 2. The molecule has 0 bridgehead atoms. The predicted octanol–water partition coefficient (Wildman–Crippen LogP) is -1.33. The average molecular weight is 379 g/mol. The van der Waals surface area contributed by atoms with E-state index in [-0.39, 0.29) is 24.4 Å². The number of nitrogens with one attached hydrogen (secondary N) is 3. The van der Waals surface area contributed by atoms with E-state index < -0.39 is 0 Å². The Balaban J connectivity index is 1.88. The molecule has 0 spiro atoms. The molecule has 2 atom stereocenters. The van der Waals surface area contributed by atoms with Crippen LogP contribution in [0, 0.1) is 0 Å². The highest BCUT2D eigenvalue weighted by molar-refractivity contribution is 5.91. The summed E-state index contributed by atoms with van der Waals surface area (Å²) in [4.78, 5) is 29.8. The Morgan fingerprint density at radius 1 is 1.22 bits per heavy atom. The minimum Gasteiger partial charge on any atom is -0.497 e. The molecule has 0 aliphatic carbocycles. The van der Waals surface area contributed by atoms with Crippen molar-refractivity contribution in [3.63, 3.8) is 0 Å². The lowest BCUT2D eigenvalue weighted by Crippen LogP contribution is -3.18. The number of anilines is 1. The first-order chi connectivity index (χ1) is 13.0. The molecule has 1 fully saturated rings. The van der Waals surface area contributed by atoms with Gasteiger partial charge in [0.15, 0.2) is 12.6 Å². The number of piperazine rings is 1. The van der Waals surface area contributed by atoms with Gasteiger partial charge < -0.3 is 24.8 Å². The van der Waals surface area contributed by atoms with Crippen LogP contribution in [0.3, 0.4) is 0 Å². The summed E-state index contributed by atoms with van der Waals surface area (Å²) in [5, 5.41) is 2.90. The second-order valence-corrected chi connectivity index (χ2v) is 7.12. The van der Waals surface area contributed by atoms with Crippen LogP contribution < -0.4 is 19.9 Å². The Morgan fingerprint density at radius 3 is 2.37 bits per heavy atom. The highest BCUT2D eigenvalue weighted by atomic mass is 16.5. The Kier molecular flexibility index (Phi) is 8.06. The molecule has 150 valence electrons. The summed E-state index contributed by atoms with van der Waals surface area (Å²) in [6.45, 7) is 11.9. The van der Waals surface area contributed by atoms with E-state index in [2.05, 4.69) is 12.2 Å². The maximum absolute atomic E-state index is 12.9. The van der Waals surface area contributed by atoms with Gasteiger partial charge in [-0.15, -0.1) is 0 Å². The van der Waals surface area contributed by atoms with E-state index in [0.717, 1.165) is 55.6 Å². The SMILES string of the molecule is CC[NH+]1CCN(C(=O)[C@@H](C)[NH+](CC)CC(=O)Nc2ccc(OC)cc2)CC1. The number of quaternary nitrogens is 2. The van der Waals surface area contributed by atoms with Gasteiger partial charge in [-0.25, -0.2) is 0 Å². The predicted molar refractivity (Wildman–Crippen MR) is 105 cm³/mol. The van der Waals surface area contributed by atoms with Gasteiger partial charge in [0, 0.05) is 5.69 Å². The minimum atomic E-state index is -0.222. The third-order valence-electron chi connectivity index (χ3n) is 5.48. The Labute approximate surface area is 162 Å². The molecular weight excluding hydrogens is 344 g/mol. The van der Waals surface area contributed by atoms with Crippen LogP contribution in [0.4, 0.5) is 5.69 Å². The summed E-state index contributed by atoms with van der Waals surface area (Å²) < 4.78 is 5.12. The van der Waals surface area contributed by atoms with Crippen molar-refractivity contribution in [2.75, 3.05) is 58.2 Å². The average Bonchev–Trinajstić information content (AvgIpc) is 2.71. The number of carbonyl (C=O) groups is 2. The molecule has 1 saturated heterocycles. The van der Waals surface area contributed by atoms with Crippen LogP contribution in [-0.4, -0.2) is 75.7 Å². The number of ether oxygens (including phenoxy) is 1. The number of hydrogen-bond acceptors (Lipinski definition) is 3. The number of nitrogens with zero attached hydrogens (tertiary/aromatic N) is 1. The van der Waals surface area contributed by atoms with Crippen molar-refractivity contribution in [2.24, 2.45) is 0 Å². The van der Waals surface area contributed by atoms with Gasteiger partial charge in [0.1, 0.15) is 5.75 Å². The summed E-state index contributed by atoms with van der Waals surface area (Å²) in [6.07, 6.45) is 0. The van der Waals surface area contributed by atoms with Gasteiger partial charge in [0.25, 0.3) is 11.8 Å². The number of likely N-dealkylation sites (N-methyl/N-ethyl adjacent to an activating group) is 2. The molecule has 1 aliphatic rings. The van der Waals surface area contributed by atoms with Crippen molar-refractivity contribution >= 4 is 17.5 Å². The van der Waals surface area contributed by atoms with Gasteiger partial charge >= 0.3 is 0 Å². The van der Waals surface area contributed by atoms with Crippen molar-refractivity contribution in [3.8, 4) is 5.75 Å². The fourth-order valence-corrected chi connectivity index (χ4v) is 3.52. The van der Waals surface area contributed by atoms with Crippen molar-refractivity contribution < 1.29 is 24.1 Å². The van der Waals surface area contributed by atoms with Crippen LogP contribution in [0.1, 0.15) is 20.8 Å². The summed E-state index contributed by atoms with van der Waals surface area (Å²) in [6, 6.07) is 7.02. The van der Waals surface area contributed by atoms with Crippen molar-refractivity contribution in [1.29, 1.82) is 0 Å². The van der Waals surface area contributed by atoms with E-state index >= 15 is 0 Å². The van der Waals surface area contributed by atoms with E-state index in [0.29, 0.717) is 0 Å². The van der Waals surface area contributed by atoms with E-state index in [9.17, 15) is 9.59 Å². The lowest BCUT2D eigenvalue weighted by Gasteiger charge is -2.34. The lowest BCUT2D eigenvalue weighted by atomic mass is 10.2. The molecule has 1 aliphatic heterocycles. The highest BCUT2D eigenvalue weighted by Gasteiger charge is 2.32. The molecule has 7 heteroatoms. The normalized spacial score (nSPS) is 17.3. The summed E-state index contributed by atoms with van der Waals surface area (Å²) >= 11 is 0. The monoisotopic (exact) mass is 378 g/mol. The fourth-order valence-electron chi connectivity index (χ4n) is 3.52. The topological polar surface area (TPSA) is 67.5 Å². The summed E-state index contributed by atoms with van der Waals surface area (Å²) in [7, 11) is 1.61. The third-order valence-corrected chi connectivity index (χ3v) is 5.48. The maximum atomic E-state index is 12.9. The fraction of sp³-hybridized carbons (Fsp3) is 0.600. The van der Waals surface area contributed by atoms with Gasteiger partial charge in [-0.2, -0.15) is 0 Å². The van der Waals surface area contributed by atoms with Crippen molar-refractivity contribution in [1.82, 2.24) is 4.90 Å². The highest BCUT2D eigenvalue weighted by Crippen LogP contribution is 2.14.